The summed E-state index contributed by atoms with van der Waals surface area (Å²) < 4.78 is 0. The number of nitrogens with one attached hydrogen (secondary N) is 2. The van der Waals surface area contributed by atoms with Gasteiger partial charge in [0.15, 0.2) is 0 Å². The fourth-order valence-electron chi connectivity index (χ4n) is 2.59. The molecule has 1 heterocycles. The molecule has 2 amide bonds. The first kappa shape index (κ1) is 18.6. The lowest BCUT2D eigenvalue weighted by Crippen LogP contribution is -2.65. The van der Waals surface area contributed by atoms with E-state index in [0.717, 1.165) is 19.6 Å². The van der Waals surface area contributed by atoms with E-state index in [4.69, 9.17) is 5.73 Å². The van der Waals surface area contributed by atoms with E-state index in [0.29, 0.717) is 19.1 Å². The summed E-state index contributed by atoms with van der Waals surface area (Å²) in [4.78, 5) is 37.5. The van der Waals surface area contributed by atoms with E-state index in [1.807, 2.05) is 13.8 Å². The van der Waals surface area contributed by atoms with E-state index in [2.05, 4.69) is 22.5 Å². The Kier molecular flexibility index (Phi) is 6.96. The van der Waals surface area contributed by atoms with Crippen molar-refractivity contribution in [3.63, 3.8) is 0 Å². The first-order valence-electron chi connectivity index (χ1n) is 7.88. The molecule has 0 saturated carbocycles. The van der Waals surface area contributed by atoms with Crippen molar-refractivity contribution in [2.45, 2.75) is 45.2 Å². The number of aldehydes is 1. The van der Waals surface area contributed by atoms with E-state index in [-0.39, 0.29) is 24.3 Å². The van der Waals surface area contributed by atoms with Crippen LogP contribution in [-0.2, 0) is 14.4 Å². The Morgan fingerprint density at radius 1 is 1.32 bits per heavy atom. The summed E-state index contributed by atoms with van der Waals surface area (Å²) in [6.07, 6.45) is 1.67. The third-order valence-corrected chi connectivity index (χ3v) is 4.32. The van der Waals surface area contributed by atoms with Crippen LogP contribution in [0.1, 0.15) is 33.6 Å². The minimum Gasteiger partial charge on any atom is -0.347 e. The van der Waals surface area contributed by atoms with Gasteiger partial charge in [0.25, 0.3) is 0 Å². The predicted octanol–water partition coefficient (Wildman–Crippen LogP) is -0.744. The summed E-state index contributed by atoms with van der Waals surface area (Å²) in [7, 11) is 0. The van der Waals surface area contributed by atoms with Crippen LogP contribution in [-0.4, -0.2) is 60.8 Å². The summed E-state index contributed by atoms with van der Waals surface area (Å²) in [6, 6.07) is -0.653. The Balaban J connectivity index is 2.85. The van der Waals surface area contributed by atoms with Crippen molar-refractivity contribution in [1.29, 1.82) is 0 Å². The molecule has 0 aliphatic carbocycles. The lowest BCUT2D eigenvalue weighted by Gasteiger charge is -2.41. The largest absolute Gasteiger partial charge is 0.347 e. The lowest BCUT2D eigenvalue weighted by molar-refractivity contribution is -0.137. The molecule has 0 bridgehead atoms. The summed E-state index contributed by atoms with van der Waals surface area (Å²) in [5, 5.41) is 5.42. The molecule has 1 saturated heterocycles. The Morgan fingerprint density at radius 3 is 2.36 bits per heavy atom. The van der Waals surface area contributed by atoms with Crippen molar-refractivity contribution in [2.24, 2.45) is 11.7 Å². The zero-order chi connectivity index (χ0) is 16.8. The standard InChI is InChI=1S/C15H28N4O3/c1-4-19-8-5-15(6-9-19,14(22)17-7-10-20)18-13(21)12(16)11(2)3/h10-12H,4-9,16H2,1-3H3,(H,17,22)(H,18,21). The van der Waals surface area contributed by atoms with Gasteiger partial charge in [0.1, 0.15) is 11.8 Å². The van der Waals surface area contributed by atoms with E-state index < -0.39 is 11.6 Å². The highest BCUT2D eigenvalue weighted by atomic mass is 16.2. The van der Waals surface area contributed by atoms with Gasteiger partial charge in [-0.2, -0.15) is 0 Å². The maximum Gasteiger partial charge on any atom is 0.246 e. The van der Waals surface area contributed by atoms with Crippen LogP contribution in [0, 0.1) is 5.92 Å². The molecule has 1 fully saturated rings. The smallest absolute Gasteiger partial charge is 0.246 e. The summed E-state index contributed by atoms with van der Waals surface area (Å²) in [5.41, 5.74) is 4.91. The third kappa shape index (κ3) is 4.51. The Hall–Kier alpha value is -1.47. The SMILES string of the molecule is CCN1CCC(NC(=O)C(N)C(C)C)(C(=O)NCC=O)CC1. The van der Waals surface area contributed by atoms with Crippen LogP contribution in [0.3, 0.4) is 0 Å². The van der Waals surface area contributed by atoms with Crippen LogP contribution in [0.5, 0.6) is 0 Å². The maximum absolute atomic E-state index is 12.5. The monoisotopic (exact) mass is 312 g/mol. The molecule has 1 rings (SSSR count). The highest BCUT2D eigenvalue weighted by Crippen LogP contribution is 2.23. The second-order valence-corrected chi connectivity index (χ2v) is 6.15. The van der Waals surface area contributed by atoms with Gasteiger partial charge in [0.2, 0.25) is 11.8 Å². The molecule has 1 aliphatic heterocycles. The first-order valence-corrected chi connectivity index (χ1v) is 7.88. The third-order valence-electron chi connectivity index (χ3n) is 4.32. The zero-order valence-corrected chi connectivity index (χ0v) is 13.7. The predicted molar refractivity (Wildman–Crippen MR) is 84.1 cm³/mol. The lowest BCUT2D eigenvalue weighted by atomic mass is 9.85. The minimum atomic E-state index is -0.974. The summed E-state index contributed by atoms with van der Waals surface area (Å²) >= 11 is 0. The Morgan fingerprint density at radius 2 is 1.91 bits per heavy atom. The van der Waals surface area contributed by atoms with Gasteiger partial charge in [-0.05, 0) is 25.3 Å². The van der Waals surface area contributed by atoms with E-state index in [1.54, 1.807) is 0 Å². The van der Waals surface area contributed by atoms with Gasteiger partial charge < -0.3 is 26.1 Å². The molecule has 126 valence electrons. The average molecular weight is 312 g/mol. The Bertz CT molecular complexity index is 404. The van der Waals surface area contributed by atoms with Crippen molar-refractivity contribution in [1.82, 2.24) is 15.5 Å². The highest BCUT2D eigenvalue weighted by Gasteiger charge is 2.43. The molecule has 1 aliphatic rings. The van der Waals surface area contributed by atoms with Crippen molar-refractivity contribution in [3.05, 3.63) is 0 Å². The van der Waals surface area contributed by atoms with Crippen LogP contribution in [0.25, 0.3) is 0 Å². The molecule has 0 spiro atoms. The molecule has 0 aromatic rings. The van der Waals surface area contributed by atoms with Gasteiger partial charge in [-0.1, -0.05) is 20.8 Å². The molecule has 0 radical (unpaired) electrons. The van der Waals surface area contributed by atoms with E-state index in [9.17, 15) is 14.4 Å². The second-order valence-electron chi connectivity index (χ2n) is 6.15. The minimum absolute atomic E-state index is 0.00850. The molecule has 7 nitrogen and oxygen atoms in total. The molecule has 1 atom stereocenters. The van der Waals surface area contributed by atoms with Gasteiger partial charge in [0.05, 0.1) is 12.6 Å². The quantitative estimate of drug-likeness (QED) is 0.537. The van der Waals surface area contributed by atoms with Crippen LogP contribution in [0.4, 0.5) is 0 Å². The zero-order valence-electron chi connectivity index (χ0n) is 13.7. The number of rotatable bonds is 7. The number of nitrogens with two attached hydrogens (primary N) is 1. The van der Waals surface area contributed by atoms with Crippen molar-refractivity contribution in [3.8, 4) is 0 Å². The van der Waals surface area contributed by atoms with Crippen LogP contribution in [0.2, 0.25) is 0 Å². The fraction of sp³-hybridized carbons (Fsp3) is 0.800. The topological polar surface area (TPSA) is 105 Å². The number of carbonyl (C=O) groups excluding carboxylic acids is 3. The number of amides is 2. The number of hydrogen-bond donors (Lipinski definition) is 3. The average Bonchev–Trinajstić information content (AvgIpc) is 2.52. The molecule has 1 unspecified atom stereocenters. The molecular formula is C15H28N4O3. The normalized spacial score (nSPS) is 19.5. The van der Waals surface area contributed by atoms with Gasteiger partial charge in [-0.25, -0.2) is 0 Å². The van der Waals surface area contributed by atoms with E-state index in [1.165, 1.54) is 0 Å². The maximum atomic E-state index is 12.5. The molecule has 4 N–H and O–H groups in total. The first-order chi connectivity index (χ1) is 10.4. The molecule has 0 aromatic heterocycles. The number of piperidine rings is 1. The second kappa shape index (κ2) is 8.24. The summed E-state index contributed by atoms with van der Waals surface area (Å²) in [6.45, 7) is 8.10. The molecule has 7 heteroatoms. The fourth-order valence-corrected chi connectivity index (χ4v) is 2.59. The van der Waals surface area contributed by atoms with E-state index >= 15 is 0 Å². The van der Waals surface area contributed by atoms with Crippen molar-refractivity contribution < 1.29 is 14.4 Å². The highest BCUT2D eigenvalue weighted by molar-refractivity contribution is 5.93. The Labute approximate surface area is 132 Å². The summed E-state index contributed by atoms with van der Waals surface area (Å²) in [5.74, 6) is -0.633. The number of nitrogens with zero attached hydrogens (tertiary/aromatic N) is 1. The van der Waals surface area contributed by atoms with Crippen molar-refractivity contribution >= 4 is 18.1 Å². The molecule has 0 aromatic carbocycles. The van der Waals surface area contributed by atoms with Crippen LogP contribution < -0.4 is 16.4 Å². The van der Waals surface area contributed by atoms with Crippen LogP contribution >= 0.6 is 0 Å². The van der Waals surface area contributed by atoms with Crippen LogP contribution in [0.15, 0.2) is 0 Å². The van der Waals surface area contributed by atoms with Crippen molar-refractivity contribution in [2.75, 3.05) is 26.2 Å². The number of likely N-dealkylation sites (tertiary alicyclic amines) is 1. The van der Waals surface area contributed by atoms with Gasteiger partial charge in [-0.3, -0.25) is 9.59 Å². The van der Waals surface area contributed by atoms with Gasteiger partial charge in [0, 0.05) is 13.1 Å². The van der Waals surface area contributed by atoms with Gasteiger partial charge in [-0.15, -0.1) is 0 Å². The number of hydrogen-bond acceptors (Lipinski definition) is 5. The van der Waals surface area contributed by atoms with Gasteiger partial charge >= 0.3 is 0 Å². The molecular weight excluding hydrogens is 284 g/mol. The molecule has 22 heavy (non-hydrogen) atoms. The number of carbonyl (C=O) groups is 3.